The Morgan fingerprint density at radius 1 is 1.38 bits per heavy atom. The van der Waals surface area contributed by atoms with Gasteiger partial charge in [0.15, 0.2) is 0 Å². The molecule has 0 bridgehead atoms. The lowest BCUT2D eigenvalue weighted by Crippen LogP contribution is -2.09. The molecular weight excluding hydrogens is 100 g/mol. The van der Waals surface area contributed by atoms with Crippen molar-refractivity contribution in [2.75, 3.05) is 0 Å². The SMILES string of the molecule is C[C@@H]1C=CN=N[C@@H]1C. The van der Waals surface area contributed by atoms with E-state index in [0.29, 0.717) is 12.0 Å². The Bertz CT molecular complexity index is 110. The summed E-state index contributed by atoms with van der Waals surface area (Å²) in [6.45, 7) is 4.21. The van der Waals surface area contributed by atoms with Crippen LogP contribution in [0, 0.1) is 5.92 Å². The van der Waals surface area contributed by atoms with Crippen molar-refractivity contribution in [1.82, 2.24) is 0 Å². The van der Waals surface area contributed by atoms with Gasteiger partial charge in [-0.2, -0.15) is 10.2 Å². The molecule has 0 amide bonds. The fourth-order valence-corrected chi connectivity index (χ4v) is 0.584. The maximum Gasteiger partial charge on any atom is 0.0744 e. The Morgan fingerprint density at radius 2 is 2.12 bits per heavy atom. The van der Waals surface area contributed by atoms with E-state index in [1.807, 2.05) is 0 Å². The third kappa shape index (κ3) is 0.941. The first-order valence-corrected chi connectivity index (χ1v) is 2.87. The van der Waals surface area contributed by atoms with Crippen molar-refractivity contribution in [3.8, 4) is 0 Å². The average Bonchev–Trinajstić information content (AvgIpc) is 1.77. The van der Waals surface area contributed by atoms with Gasteiger partial charge in [-0.1, -0.05) is 13.0 Å². The van der Waals surface area contributed by atoms with E-state index in [1.165, 1.54) is 0 Å². The van der Waals surface area contributed by atoms with Crippen LogP contribution in [0.15, 0.2) is 22.5 Å². The summed E-state index contributed by atoms with van der Waals surface area (Å²) in [6, 6.07) is 0.375. The van der Waals surface area contributed by atoms with Crippen LogP contribution >= 0.6 is 0 Å². The van der Waals surface area contributed by atoms with Crippen LogP contribution in [0.1, 0.15) is 13.8 Å². The van der Waals surface area contributed by atoms with E-state index in [2.05, 4.69) is 30.2 Å². The largest absolute Gasteiger partial charge is 0.186 e. The maximum atomic E-state index is 3.95. The smallest absolute Gasteiger partial charge is 0.0744 e. The lowest BCUT2D eigenvalue weighted by molar-refractivity contribution is 0.545. The van der Waals surface area contributed by atoms with Crippen molar-refractivity contribution in [3.63, 3.8) is 0 Å². The van der Waals surface area contributed by atoms with Crippen molar-refractivity contribution < 1.29 is 0 Å². The molecule has 8 heavy (non-hydrogen) atoms. The maximum absolute atomic E-state index is 3.95. The molecule has 0 spiro atoms. The first-order chi connectivity index (χ1) is 3.80. The zero-order valence-corrected chi connectivity index (χ0v) is 5.20. The number of rotatable bonds is 0. The zero-order valence-electron chi connectivity index (χ0n) is 5.20. The molecule has 1 aliphatic rings. The van der Waals surface area contributed by atoms with E-state index in [4.69, 9.17) is 0 Å². The normalized spacial score (nSPS) is 35.8. The van der Waals surface area contributed by atoms with Crippen LogP contribution in [0.3, 0.4) is 0 Å². The van der Waals surface area contributed by atoms with Gasteiger partial charge in [0.05, 0.1) is 6.04 Å². The molecule has 2 nitrogen and oxygen atoms in total. The van der Waals surface area contributed by atoms with Gasteiger partial charge < -0.3 is 0 Å². The molecule has 0 unspecified atom stereocenters. The Morgan fingerprint density at radius 3 is 2.50 bits per heavy atom. The molecule has 1 aliphatic heterocycles. The topological polar surface area (TPSA) is 24.7 Å². The second-order valence-corrected chi connectivity index (χ2v) is 2.17. The number of nitrogens with zero attached hydrogens (tertiary/aromatic N) is 2. The lowest BCUT2D eigenvalue weighted by Gasteiger charge is -2.11. The van der Waals surface area contributed by atoms with Gasteiger partial charge in [-0.05, 0) is 12.8 Å². The third-order valence-electron chi connectivity index (χ3n) is 1.47. The second kappa shape index (κ2) is 2.07. The first-order valence-electron chi connectivity index (χ1n) is 2.87. The summed E-state index contributed by atoms with van der Waals surface area (Å²) >= 11 is 0. The van der Waals surface area contributed by atoms with Crippen molar-refractivity contribution in [3.05, 3.63) is 12.3 Å². The minimum absolute atomic E-state index is 0.375. The predicted molar refractivity (Wildman–Crippen MR) is 32.6 cm³/mol. The van der Waals surface area contributed by atoms with Crippen LogP contribution in [-0.4, -0.2) is 6.04 Å². The van der Waals surface area contributed by atoms with Crippen molar-refractivity contribution in [2.45, 2.75) is 19.9 Å². The molecule has 1 rings (SSSR count). The van der Waals surface area contributed by atoms with Crippen LogP contribution in [-0.2, 0) is 0 Å². The Kier molecular flexibility index (Phi) is 1.42. The van der Waals surface area contributed by atoms with Crippen LogP contribution in [0.4, 0.5) is 0 Å². The highest BCUT2D eigenvalue weighted by molar-refractivity contribution is 4.92. The van der Waals surface area contributed by atoms with E-state index in [1.54, 1.807) is 6.20 Å². The quantitative estimate of drug-likeness (QED) is 0.455. The predicted octanol–water partition coefficient (Wildman–Crippen LogP) is 1.99. The Hall–Kier alpha value is -0.660. The van der Waals surface area contributed by atoms with E-state index in [-0.39, 0.29) is 0 Å². The van der Waals surface area contributed by atoms with Crippen LogP contribution in [0.2, 0.25) is 0 Å². The lowest BCUT2D eigenvalue weighted by atomic mass is 10.0. The van der Waals surface area contributed by atoms with E-state index < -0.39 is 0 Å². The number of azo groups is 1. The van der Waals surface area contributed by atoms with Gasteiger partial charge in [-0.3, -0.25) is 0 Å². The molecule has 0 fully saturated rings. The van der Waals surface area contributed by atoms with Crippen molar-refractivity contribution >= 4 is 0 Å². The van der Waals surface area contributed by atoms with Gasteiger partial charge in [-0.25, -0.2) is 0 Å². The van der Waals surface area contributed by atoms with Gasteiger partial charge in [-0.15, -0.1) is 0 Å². The molecule has 1 heterocycles. The molecule has 2 heteroatoms. The molecule has 0 N–H and O–H groups in total. The third-order valence-corrected chi connectivity index (χ3v) is 1.47. The molecule has 0 aromatic carbocycles. The molecule has 0 saturated carbocycles. The molecule has 0 saturated heterocycles. The number of hydrogen-bond acceptors (Lipinski definition) is 2. The second-order valence-electron chi connectivity index (χ2n) is 2.17. The highest BCUT2D eigenvalue weighted by Crippen LogP contribution is 2.12. The summed E-state index contributed by atoms with van der Waals surface area (Å²) in [6.07, 6.45) is 3.82. The van der Waals surface area contributed by atoms with E-state index in [0.717, 1.165) is 0 Å². The summed E-state index contributed by atoms with van der Waals surface area (Å²) in [4.78, 5) is 0. The number of hydrogen-bond donors (Lipinski definition) is 0. The summed E-state index contributed by atoms with van der Waals surface area (Å²) < 4.78 is 0. The molecule has 44 valence electrons. The van der Waals surface area contributed by atoms with Gasteiger partial charge in [0.2, 0.25) is 0 Å². The highest BCUT2D eigenvalue weighted by atomic mass is 15.1. The van der Waals surface area contributed by atoms with Crippen molar-refractivity contribution in [1.29, 1.82) is 0 Å². The molecule has 0 aromatic rings. The minimum Gasteiger partial charge on any atom is -0.186 e. The van der Waals surface area contributed by atoms with Crippen LogP contribution in [0.5, 0.6) is 0 Å². The zero-order chi connectivity index (χ0) is 5.98. The van der Waals surface area contributed by atoms with Gasteiger partial charge >= 0.3 is 0 Å². The summed E-state index contributed by atoms with van der Waals surface area (Å²) in [5.41, 5.74) is 0. The molecular formula is C6H10N2. The summed E-state index contributed by atoms with van der Waals surface area (Å²) in [7, 11) is 0. The Balaban J connectivity index is 2.59. The van der Waals surface area contributed by atoms with Crippen LogP contribution < -0.4 is 0 Å². The average molecular weight is 110 g/mol. The Labute approximate surface area is 49.3 Å². The van der Waals surface area contributed by atoms with E-state index in [9.17, 15) is 0 Å². The first kappa shape index (κ1) is 5.48. The van der Waals surface area contributed by atoms with Gasteiger partial charge in [0, 0.05) is 6.20 Å². The molecule has 0 aromatic heterocycles. The standard InChI is InChI=1S/C6H10N2/c1-5-3-4-7-8-6(5)2/h3-6H,1-2H3/t5-,6-/m1/s1. The molecule has 2 atom stereocenters. The molecule has 0 aliphatic carbocycles. The van der Waals surface area contributed by atoms with Crippen molar-refractivity contribution in [2.24, 2.45) is 16.1 Å². The van der Waals surface area contributed by atoms with Gasteiger partial charge in [0.25, 0.3) is 0 Å². The summed E-state index contributed by atoms with van der Waals surface area (Å²) in [5.74, 6) is 0.562. The van der Waals surface area contributed by atoms with E-state index >= 15 is 0 Å². The van der Waals surface area contributed by atoms with Gasteiger partial charge in [0.1, 0.15) is 0 Å². The highest BCUT2D eigenvalue weighted by Gasteiger charge is 2.08. The minimum atomic E-state index is 0.375. The fraction of sp³-hybridized carbons (Fsp3) is 0.667. The van der Waals surface area contributed by atoms with Crippen LogP contribution in [0.25, 0.3) is 0 Å². The monoisotopic (exact) mass is 110 g/mol. The summed E-state index contributed by atoms with van der Waals surface area (Å²) in [5, 5.41) is 7.70. The molecule has 0 radical (unpaired) electrons. The fourth-order valence-electron chi connectivity index (χ4n) is 0.584.